The molecule has 0 bridgehead atoms. The molecule has 0 amide bonds. The second-order valence-corrected chi connectivity index (χ2v) is 6.03. The molecular formula is C20H20N4O3. The number of aromatic nitrogens is 3. The number of fused-ring (bicyclic) bond motifs is 3. The summed E-state index contributed by atoms with van der Waals surface area (Å²) in [6, 6.07) is 11.7. The first-order valence-electron chi connectivity index (χ1n) is 8.48. The number of hydrogen-bond acceptors (Lipinski definition) is 6. The SMILES string of the molecule is COc1ccc2c(c1)[nH]c1c(NCc3ccc(OC)c(OC)c3)ncnc12. The fraction of sp³-hybridized carbons (Fsp3) is 0.200. The molecule has 2 aromatic carbocycles. The number of benzene rings is 2. The van der Waals surface area contributed by atoms with Crippen molar-refractivity contribution in [2.45, 2.75) is 6.54 Å². The summed E-state index contributed by atoms with van der Waals surface area (Å²) in [6.45, 7) is 0.588. The Hall–Kier alpha value is -3.48. The minimum absolute atomic E-state index is 0.588. The average molecular weight is 364 g/mol. The van der Waals surface area contributed by atoms with Crippen LogP contribution in [0.3, 0.4) is 0 Å². The molecule has 0 spiro atoms. The fourth-order valence-electron chi connectivity index (χ4n) is 3.11. The quantitative estimate of drug-likeness (QED) is 0.542. The molecule has 0 saturated carbocycles. The van der Waals surface area contributed by atoms with Gasteiger partial charge >= 0.3 is 0 Å². The van der Waals surface area contributed by atoms with Gasteiger partial charge in [0.15, 0.2) is 17.3 Å². The number of nitrogens with one attached hydrogen (secondary N) is 2. The molecule has 0 fully saturated rings. The van der Waals surface area contributed by atoms with E-state index >= 15 is 0 Å². The van der Waals surface area contributed by atoms with E-state index in [1.807, 2.05) is 36.4 Å². The summed E-state index contributed by atoms with van der Waals surface area (Å²) in [5, 5.41) is 4.40. The van der Waals surface area contributed by atoms with Gasteiger partial charge in [0.05, 0.1) is 26.8 Å². The lowest BCUT2D eigenvalue weighted by Crippen LogP contribution is -2.03. The maximum atomic E-state index is 5.36. The average Bonchev–Trinajstić information content (AvgIpc) is 3.10. The van der Waals surface area contributed by atoms with Crippen LogP contribution >= 0.6 is 0 Å². The Labute approximate surface area is 156 Å². The van der Waals surface area contributed by atoms with E-state index < -0.39 is 0 Å². The zero-order valence-corrected chi connectivity index (χ0v) is 15.4. The second-order valence-electron chi connectivity index (χ2n) is 6.03. The standard InChI is InChI=1S/C20H20N4O3/c1-25-13-5-6-14-15(9-13)24-19-18(14)22-11-23-20(19)21-10-12-4-7-16(26-2)17(8-12)27-3/h4-9,11,24H,10H2,1-3H3,(H,21,22,23). The predicted molar refractivity (Wildman–Crippen MR) is 105 cm³/mol. The van der Waals surface area contributed by atoms with Gasteiger partial charge in [-0.25, -0.2) is 9.97 Å². The Morgan fingerprint density at radius 2 is 1.78 bits per heavy atom. The molecular weight excluding hydrogens is 344 g/mol. The molecule has 2 N–H and O–H groups in total. The summed E-state index contributed by atoms with van der Waals surface area (Å²) >= 11 is 0. The van der Waals surface area contributed by atoms with Crippen LogP contribution < -0.4 is 19.5 Å². The Morgan fingerprint density at radius 3 is 2.56 bits per heavy atom. The van der Waals surface area contributed by atoms with Gasteiger partial charge in [0.1, 0.15) is 23.1 Å². The van der Waals surface area contributed by atoms with Crippen LogP contribution in [0.4, 0.5) is 5.82 Å². The number of H-pyrrole nitrogens is 1. The van der Waals surface area contributed by atoms with Crippen LogP contribution in [-0.4, -0.2) is 36.3 Å². The van der Waals surface area contributed by atoms with Crippen LogP contribution in [0.1, 0.15) is 5.56 Å². The van der Waals surface area contributed by atoms with Crippen molar-refractivity contribution in [3.63, 3.8) is 0 Å². The number of nitrogens with zero attached hydrogens (tertiary/aromatic N) is 2. The zero-order valence-electron chi connectivity index (χ0n) is 15.4. The monoisotopic (exact) mass is 364 g/mol. The van der Waals surface area contributed by atoms with Crippen molar-refractivity contribution >= 4 is 27.8 Å². The summed E-state index contributed by atoms with van der Waals surface area (Å²) < 4.78 is 15.9. The van der Waals surface area contributed by atoms with Gasteiger partial charge in [-0.3, -0.25) is 0 Å². The maximum Gasteiger partial charge on any atom is 0.161 e. The lowest BCUT2D eigenvalue weighted by atomic mass is 10.2. The van der Waals surface area contributed by atoms with E-state index in [2.05, 4.69) is 20.3 Å². The van der Waals surface area contributed by atoms with Gasteiger partial charge in [-0.2, -0.15) is 0 Å². The van der Waals surface area contributed by atoms with E-state index in [0.29, 0.717) is 18.0 Å². The van der Waals surface area contributed by atoms with E-state index in [1.54, 1.807) is 27.7 Å². The topological polar surface area (TPSA) is 81.3 Å². The lowest BCUT2D eigenvalue weighted by Gasteiger charge is -2.11. The molecule has 0 unspecified atom stereocenters. The van der Waals surface area contributed by atoms with Crippen LogP contribution in [0.15, 0.2) is 42.7 Å². The fourth-order valence-corrected chi connectivity index (χ4v) is 3.11. The highest BCUT2D eigenvalue weighted by Crippen LogP contribution is 2.31. The normalized spacial score (nSPS) is 10.9. The molecule has 138 valence electrons. The molecule has 7 heteroatoms. The number of methoxy groups -OCH3 is 3. The third kappa shape index (κ3) is 3.08. The zero-order chi connectivity index (χ0) is 18.8. The molecule has 0 atom stereocenters. The smallest absolute Gasteiger partial charge is 0.161 e. The molecule has 0 aliphatic rings. The van der Waals surface area contributed by atoms with Gasteiger partial charge in [0.25, 0.3) is 0 Å². The number of hydrogen-bond donors (Lipinski definition) is 2. The minimum Gasteiger partial charge on any atom is -0.497 e. The van der Waals surface area contributed by atoms with Crippen LogP contribution in [0.5, 0.6) is 17.2 Å². The molecule has 27 heavy (non-hydrogen) atoms. The van der Waals surface area contributed by atoms with Crippen LogP contribution in [-0.2, 0) is 6.54 Å². The first-order chi connectivity index (χ1) is 13.2. The van der Waals surface area contributed by atoms with Gasteiger partial charge in [-0.1, -0.05) is 6.07 Å². The molecule has 0 radical (unpaired) electrons. The summed E-state index contributed by atoms with van der Waals surface area (Å²) in [5.74, 6) is 2.93. The van der Waals surface area contributed by atoms with Crippen molar-refractivity contribution in [2.75, 3.05) is 26.6 Å². The summed E-state index contributed by atoms with van der Waals surface area (Å²) in [4.78, 5) is 12.2. The van der Waals surface area contributed by atoms with Crippen molar-refractivity contribution in [1.29, 1.82) is 0 Å². The molecule has 2 heterocycles. The second kappa shape index (κ2) is 7.03. The summed E-state index contributed by atoms with van der Waals surface area (Å²) in [6.07, 6.45) is 1.57. The Balaban J connectivity index is 1.66. The molecule has 2 aromatic heterocycles. The van der Waals surface area contributed by atoms with E-state index in [-0.39, 0.29) is 0 Å². The number of ether oxygens (including phenoxy) is 3. The first-order valence-corrected chi connectivity index (χ1v) is 8.48. The Morgan fingerprint density at radius 1 is 0.926 bits per heavy atom. The summed E-state index contributed by atoms with van der Waals surface area (Å²) in [7, 11) is 4.90. The van der Waals surface area contributed by atoms with E-state index in [9.17, 15) is 0 Å². The molecule has 0 saturated heterocycles. The van der Waals surface area contributed by atoms with E-state index in [0.717, 1.165) is 39.1 Å². The summed E-state index contributed by atoms with van der Waals surface area (Å²) in [5.41, 5.74) is 3.75. The van der Waals surface area contributed by atoms with Gasteiger partial charge in [0.2, 0.25) is 0 Å². The number of aromatic amines is 1. The van der Waals surface area contributed by atoms with Crippen molar-refractivity contribution in [2.24, 2.45) is 0 Å². The van der Waals surface area contributed by atoms with Gasteiger partial charge in [0, 0.05) is 18.0 Å². The van der Waals surface area contributed by atoms with Crippen molar-refractivity contribution in [3.8, 4) is 17.2 Å². The molecule has 4 aromatic rings. The lowest BCUT2D eigenvalue weighted by molar-refractivity contribution is 0.354. The number of anilines is 1. The van der Waals surface area contributed by atoms with Crippen LogP contribution in [0.25, 0.3) is 21.9 Å². The Kier molecular flexibility index (Phi) is 4.42. The third-order valence-electron chi connectivity index (χ3n) is 4.50. The van der Waals surface area contributed by atoms with E-state index in [1.165, 1.54) is 0 Å². The van der Waals surface area contributed by atoms with E-state index in [4.69, 9.17) is 14.2 Å². The minimum atomic E-state index is 0.588. The molecule has 0 aliphatic heterocycles. The first kappa shape index (κ1) is 17.0. The van der Waals surface area contributed by atoms with Gasteiger partial charge < -0.3 is 24.5 Å². The van der Waals surface area contributed by atoms with Crippen molar-refractivity contribution in [1.82, 2.24) is 15.0 Å². The van der Waals surface area contributed by atoms with Crippen LogP contribution in [0.2, 0.25) is 0 Å². The van der Waals surface area contributed by atoms with Crippen molar-refractivity contribution < 1.29 is 14.2 Å². The maximum absolute atomic E-state index is 5.36. The van der Waals surface area contributed by atoms with Crippen molar-refractivity contribution in [3.05, 3.63) is 48.3 Å². The number of rotatable bonds is 6. The van der Waals surface area contributed by atoms with Gasteiger partial charge in [-0.15, -0.1) is 0 Å². The molecule has 7 nitrogen and oxygen atoms in total. The highest BCUT2D eigenvalue weighted by atomic mass is 16.5. The van der Waals surface area contributed by atoms with Crippen LogP contribution in [0, 0.1) is 0 Å². The Bertz CT molecular complexity index is 1110. The third-order valence-corrected chi connectivity index (χ3v) is 4.50. The molecule has 4 rings (SSSR count). The highest BCUT2D eigenvalue weighted by molar-refractivity contribution is 6.08. The van der Waals surface area contributed by atoms with Gasteiger partial charge in [-0.05, 0) is 29.8 Å². The highest BCUT2D eigenvalue weighted by Gasteiger charge is 2.12. The molecule has 0 aliphatic carbocycles. The predicted octanol–water partition coefficient (Wildman–Crippen LogP) is 3.75. The largest absolute Gasteiger partial charge is 0.497 e.